The van der Waals surface area contributed by atoms with E-state index in [1.54, 1.807) is 13.2 Å². The molecule has 1 aromatic carbocycles. The molecule has 0 radical (unpaired) electrons. The molecule has 0 saturated heterocycles. The second kappa shape index (κ2) is 6.24. The van der Waals surface area contributed by atoms with Crippen molar-refractivity contribution in [3.05, 3.63) is 57.0 Å². The first-order valence-electron chi connectivity index (χ1n) is 6.54. The zero-order valence-electron chi connectivity index (χ0n) is 12.3. The van der Waals surface area contributed by atoms with Crippen molar-refractivity contribution in [3.63, 3.8) is 0 Å². The number of para-hydroxylation sites is 1. The first-order chi connectivity index (χ1) is 9.94. The molecule has 0 amide bonds. The van der Waals surface area contributed by atoms with Crippen LogP contribution in [0.5, 0.6) is 5.75 Å². The van der Waals surface area contributed by atoms with Crippen LogP contribution in [-0.4, -0.2) is 12.0 Å². The summed E-state index contributed by atoms with van der Waals surface area (Å²) in [4.78, 5) is 10.3. The summed E-state index contributed by atoms with van der Waals surface area (Å²) in [5.74, 6) is 0.825. The van der Waals surface area contributed by atoms with Gasteiger partial charge in [-0.3, -0.25) is 10.1 Å². The highest BCUT2D eigenvalue weighted by Crippen LogP contribution is 2.30. The molecule has 0 aliphatic rings. The second-order valence-corrected chi connectivity index (χ2v) is 6.12. The van der Waals surface area contributed by atoms with Crippen molar-refractivity contribution < 1.29 is 9.66 Å². The van der Waals surface area contributed by atoms with Crippen LogP contribution in [-0.2, 0) is 12.1 Å². The third-order valence-corrected chi connectivity index (χ3v) is 4.26. The molecule has 112 valence electrons. The quantitative estimate of drug-likeness (QED) is 0.653. The number of ether oxygens (including phenoxy) is 1. The highest BCUT2D eigenvalue weighted by Gasteiger charge is 2.23. The van der Waals surface area contributed by atoms with Crippen molar-refractivity contribution in [2.45, 2.75) is 25.9 Å². The Bertz CT molecular complexity index is 637. The van der Waals surface area contributed by atoms with Crippen LogP contribution in [0.15, 0.2) is 35.7 Å². The number of benzene rings is 1. The molecule has 0 aliphatic heterocycles. The van der Waals surface area contributed by atoms with Gasteiger partial charge in [-0.2, -0.15) is 0 Å². The number of nitro groups is 1. The molecular weight excluding hydrogens is 288 g/mol. The van der Waals surface area contributed by atoms with Crippen LogP contribution in [0.1, 0.15) is 25.0 Å². The Morgan fingerprint density at radius 2 is 2.10 bits per heavy atom. The van der Waals surface area contributed by atoms with E-state index in [1.165, 1.54) is 0 Å². The number of rotatable bonds is 6. The van der Waals surface area contributed by atoms with Crippen LogP contribution in [0.25, 0.3) is 0 Å². The van der Waals surface area contributed by atoms with E-state index in [2.05, 4.69) is 19.2 Å². The fourth-order valence-electron chi connectivity index (χ4n) is 2.13. The van der Waals surface area contributed by atoms with Gasteiger partial charge in [0.05, 0.1) is 12.0 Å². The molecule has 0 fully saturated rings. The Kier molecular flexibility index (Phi) is 4.59. The van der Waals surface area contributed by atoms with E-state index in [1.807, 2.05) is 29.6 Å². The van der Waals surface area contributed by atoms with Gasteiger partial charge in [0, 0.05) is 29.1 Å². The molecule has 2 aromatic rings. The molecule has 0 aliphatic carbocycles. The molecule has 1 heterocycles. The Morgan fingerprint density at radius 3 is 2.71 bits per heavy atom. The SMILES string of the molecule is COc1ccccc1C(C)(C)NCc1csc([N+](=O)[O-])c1. The third-order valence-electron chi connectivity index (χ3n) is 3.33. The Labute approximate surface area is 127 Å². The van der Waals surface area contributed by atoms with Crippen molar-refractivity contribution in [2.24, 2.45) is 0 Å². The lowest BCUT2D eigenvalue weighted by Crippen LogP contribution is -2.36. The molecule has 0 saturated carbocycles. The minimum atomic E-state index is -0.362. The van der Waals surface area contributed by atoms with Gasteiger partial charge in [-0.05, 0) is 25.5 Å². The van der Waals surface area contributed by atoms with Crippen LogP contribution >= 0.6 is 11.3 Å². The van der Waals surface area contributed by atoms with Crippen molar-refractivity contribution >= 4 is 16.3 Å². The Hall–Kier alpha value is -1.92. The molecular formula is C15H18N2O3S. The van der Waals surface area contributed by atoms with Crippen LogP contribution in [0, 0.1) is 10.1 Å². The summed E-state index contributed by atoms with van der Waals surface area (Å²) in [6, 6.07) is 9.45. The lowest BCUT2D eigenvalue weighted by molar-refractivity contribution is -0.380. The number of thiophene rings is 1. The summed E-state index contributed by atoms with van der Waals surface area (Å²) in [6.07, 6.45) is 0. The average Bonchev–Trinajstić information content (AvgIpc) is 2.94. The van der Waals surface area contributed by atoms with E-state index in [4.69, 9.17) is 4.74 Å². The smallest absolute Gasteiger partial charge is 0.324 e. The topological polar surface area (TPSA) is 64.4 Å². The molecule has 5 nitrogen and oxygen atoms in total. The number of hydrogen-bond donors (Lipinski definition) is 1. The van der Waals surface area contributed by atoms with Gasteiger partial charge in [-0.15, -0.1) is 0 Å². The lowest BCUT2D eigenvalue weighted by atomic mass is 9.93. The maximum absolute atomic E-state index is 10.7. The summed E-state index contributed by atoms with van der Waals surface area (Å²) >= 11 is 1.15. The number of nitrogens with one attached hydrogen (secondary N) is 1. The van der Waals surface area contributed by atoms with E-state index >= 15 is 0 Å². The first kappa shape index (κ1) is 15.5. The van der Waals surface area contributed by atoms with Gasteiger partial charge in [-0.1, -0.05) is 29.5 Å². The second-order valence-electron chi connectivity index (χ2n) is 5.23. The van der Waals surface area contributed by atoms with Gasteiger partial charge < -0.3 is 10.1 Å². The van der Waals surface area contributed by atoms with Gasteiger partial charge in [-0.25, -0.2) is 0 Å². The van der Waals surface area contributed by atoms with Crippen molar-refractivity contribution in [2.75, 3.05) is 7.11 Å². The standard InChI is InChI=1S/C15H18N2O3S/c1-15(2,12-6-4-5-7-13(12)20-3)16-9-11-8-14(17(18)19)21-10-11/h4-8,10,16H,9H2,1-3H3. The molecule has 1 aromatic heterocycles. The van der Waals surface area contributed by atoms with Gasteiger partial charge in [0.25, 0.3) is 0 Å². The predicted octanol–water partition coefficient (Wildman–Crippen LogP) is 3.69. The largest absolute Gasteiger partial charge is 0.496 e. The zero-order valence-corrected chi connectivity index (χ0v) is 13.1. The molecule has 0 unspecified atom stereocenters. The summed E-state index contributed by atoms with van der Waals surface area (Å²) in [5.41, 5.74) is 1.66. The van der Waals surface area contributed by atoms with E-state index < -0.39 is 0 Å². The summed E-state index contributed by atoms with van der Waals surface area (Å²) in [7, 11) is 1.65. The van der Waals surface area contributed by atoms with Crippen molar-refractivity contribution in [1.82, 2.24) is 5.32 Å². The Balaban J connectivity index is 2.11. The van der Waals surface area contributed by atoms with E-state index in [0.29, 0.717) is 6.54 Å². The first-order valence-corrected chi connectivity index (χ1v) is 7.42. The fraction of sp³-hybridized carbons (Fsp3) is 0.333. The van der Waals surface area contributed by atoms with Crippen LogP contribution in [0.2, 0.25) is 0 Å². The normalized spacial score (nSPS) is 11.4. The average molecular weight is 306 g/mol. The molecule has 0 bridgehead atoms. The third kappa shape index (κ3) is 3.59. The number of nitrogens with zero attached hydrogens (tertiary/aromatic N) is 1. The number of methoxy groups -OCH3 is 1. The molecule has 0 atom stereocenters. The molecule has 0 spiro atoms. The van der Waals surface area contributed by atoms with Crippen LogP contribution in [0.4, 0.5) is 5.00 Å². The fourth-order valence-corrected chi connectivity index (χ4v) is 2.86. The Morgan fingerprint density at radius 1 is 1.38 bits per heavy atom. The van der Waals surface area contributed by atoms with Gasteiger partial charge in [0.2, 0.25) is 0 Å². The van der Waals surface area contributed by atoms with Gasteiger partial charge in [0.15, 0.2) is 0 Å². The summed E-state index contributed by atoms with van der Waals surface area (Å²) in [6.45, 7) is 4.69. The van der Waals surface area contributed by atoms with Gasteiger partial charge in [0.1, 0.15) is 5.75 Å². The summed E-state index contributed by atoms with van der Waals surface area (Å²) in [5, 5.41) is 16.1. The van der Waals surface area contributed by atoms with Crippen molar-refractivity contribution in [3.8, 4) is 5.75 Å². The molecule has 1 N–H and O–H groups in total. The molecule has 6 heteroatoms. The zero-order chi connectivity index (χ0) is 15.5. The molecule has 21 heavy (non-hydrogen) atoms. The van der Waals surface area contributed by atoms with E-state index in [0.717, 1.165) is 28.2 Å². The predicted molar refractivity (Wildman–Crippen MR) is 83.8 cm³/mol. The van der Waals surface area contributed by atoms with E-state index in [-0.39, 0.29) is 15.5 Å². The highest BCUT2D eigenvalue weighted by atomic mass is 32.1. The maximum Gasteiger partial charge on any atom is 0.324 e. The highest BCUT2D eigenvalue weighted by molar-refractivity contribution is 7.13. The van der Waals surface area contributed by atoms with Crippen LogP contribution in [0.3, 0.4) is 0 Å². The maximum atomic E-state index is 10.7. The van der Waals surface area contributed by atoms with Crippen molar-refractivity contribution in [1.29, 1.82) is 0 Å². The minimum absolute atomic E-state index is 0.168. The molecule has 2 rings (SSSR count). The number of hydrogen-bond acceptors (Lipinski definition) is 5. The summed E-state index contributed by atoms with van der Waals surface area (Å²) < 4.78 is 5.39. The minimum Gasteiger partial charge on any atom is -0.496 e. The lowest BCUT2D eigenvalue weighted by Gasteiger charge is -2.28. The van der Waals surface area contributed by atoms with Crippen LogP contribution < -0.4 is 10.1 Å². The van der Waals surface area contributed by atoms with E-state index in [9.17, 15) is 10.1 Å². The monoisotopic (exact) mass is 306 g/mol. The van der Waals surface area contributed by atoms with Gasteiger partial charge >= 0.3 is 5.00 Å².